The van der Waals surface area contributed by atoms with E-state index in [0.29, 0.717) is 29.8 Å². The number of hydrogen-bond acceptors (Lipinski definition) is 4. The highest BCUT2D eigenvalue weighted by Crippen LogP contribution is 2.29. The first-order valence-electron chi connectivity index (χ1n) is 9.47. The minimum atomic E-state index is -4.30. The Hall–Kier alpha value is -2.71. The first-order chi connectivity index (χ1) is 13.9. The monoisotopic (exact) mass is 402 g/mol. The van der Waals surface area contributed by atoms with Crippen LogP contribution in [0.4, 0.5) is 13.2 Å². The Balaban J connectivity index is 1.33. The second kappa shape index (κ2) is 7.96. The Labute approximate surface area is 165 Å². The van der Waals surface area contributed by atoms with Crippen LogP contribution in [0.1, 0.15) is 17.0 Å². The van der Waals surface area contributed by atoms with E-state index in [1.54, 1.807) is 18.2 Å². The molecule has 1 N–H and O–H groups in total. The molecule has 0 atom stereocenters. The van der Waals surface area contributed by atoms with Gasteiger partial charge in [0.25, 0.3) is 5.56 Å². The molecule has 1 saturated heterocycles. The third kappa shape index (κ3) is 4.65. The van der Waals surface area contributed by atoms with Crippen molar-refractivity contribution < 1.29 is 13.2 Å². The quantitative estimate of drug-likeness (QED) is 0.728. The van der Waals surface area contributed by atoms with E-state index in [0.717, 1.165) is 43.9 Å². The van der Waals surface area contributed by atoms with Gasteiger partial charge in [-0.2, -0.15) is 13.2 Å². The number of nitrogens with one attached hydrogen (secondary N) is 1. The van der Waals surface area contributed by atoms with E-state index in [-0.39, 0.29) is 5.56 Å². The molecule has 152 valence electrons. The summed E-state index contributed by atoms with van der Waals surface area (Å²) >= 11 is 0. The van der Waals surface area contributed by atoms with Gasteiger partial charge in [0.2, 0.25) is 0 Å². The van der Waals surface area contributed by atoms with E-state index in [1.807, 2.05) is 18.2 Å². The van der Waals surface area contributed by atoms with Crippen LogP contribution in [-0.2, 0) is 19.3 Å². The number of fused-ring (bicyclic) bond motifs is 1. The minimum Gasteiger partial charge on any atom is -0.309 e. The van der Waals surface area contributed by atoms with E-state index >= 15 is 0 Å². The zero-order valence-corrected chi connectivity index (χ0v) is 15.7. The lowest BCUT2D eigenvalue weighted by Gasteiger charge is -2.34. The number of nitrogens with zero attached hydrogens (tertiary/aromatic N) is 3. The number of alkyl halides is 3. The number of aromatic nitrogens is 2. The van der Waals surface area contributed by atoms with Crippen LogP contribution in [-0.4, -0.2) is 45.9 Å². The van der Waals surface area contributed by atoms with Gasteiger partial charge in [-0.3, -0.25) is 14.6 Å². The summed E-state index contributed by atoms with van der Waals surface area (Å²) < 4.78 is 38.0. The van der Waals surface area contributed by atoms with Gasteiger partial charge in [0, 0.05) is 32.7 Å². The topological polar surface area (TPSA) is 52.2 Å². The predicted molar refractivity (Wildman–Crippen MR) is 104 cm³/mol. The van der Waals surface area contributed by atoms with Gasteiger partial charge in [-0.05, 0) is 29.8 Å². The van der Waals surface area contributed by atoms with Crippen LogP contribution >= 0.6 is 0 Å². The Morgan fingerprint density at radius 3 is 2.17 bits per heavy atom. The molecule has 5 nitrogen and oxygen atoms in total. The van der Waals surface area contributed by atoms with Crippen LogP contribution in [0.25, 0.3) is 10.9 Å². The molecule has 1 aromatic heterocycles. The molecule has 2 heterocycles. The minimum absolute atomic E-state index is 0.133. The smallest absolute Gasteiger partial charge is 0.309 e. The van der Waals surface area contributed by atoms with E-state index in [2.05, 4.69) is 19.8 Å². The van der Waals surface area contributed by atoms with Gasteiger partial charge in [0.05, 0.1) is 23.0 Å². The third-order valence-corrected chi connectivity index (χ3v) is 5.19. The lowest BCUT2D eigenvalue weighted by molar-refractivity contribution is -0.137. The van der Waals surface area contributed by atoms with E-state index in [1.165, 1.54) is 0 Å². The number of rotatable bonds is 4. The number of piperazine rings is 1. The summed E-state index contributed by atoms with van der Waals surface area (Å²) in [6.07, 6.45) is -4.30. The summed E-state index contributed by atoms with van der Waals surface area (Å²) in [5, 5.41) is 0.581. The zero-order chi connectivity index (χ0) is 20.4. The molecule has 0 aliphatic carbocycles. The van der Waals surface area contributed by atoms with Crippen LogP contribution in [0, 0.1) is 0 Å². The largest absolute Gasteiger partial charge is 0.416 e. The number of halogens is 3. The molecule has 2 aromatic carbocycles. The molecule has 29 heavy (non-hydrogen) atoms. The first kappa shape index (κ1) is 19.6. The van der Waals surface area contributed by atoms with Crippen LogP contribution in [0.15, 0.2) is 53.3 Å². The maximum absolute atomic E-state index is 12.7. The number of para-hydroxylation sites is 1. The SMILES string of the molecule is O=c1[nH]c(CN2CCN(Cc3ccc(C(F)(F)F)cc3)CC2)nc2ccccc12. The fraction of sp³-hybridized carbons (Fsp3) is 0.333. The predicted octanol–water partition coefficient (Wildman–Crippen LogP) is 3.26. The lowest BCUT2D eigenvalue weighted by Crippen LogP contribution is -2.45. The van der Waals surface area contributed by atoms with Gasteiger partial charge in [0.15, 0.2) is 0 Å². The summed E-state index contributed by atoms with van der Waals surface area (Å²) in [7, 11) is 0. The standard InChI is InChI=1S/C21H21F3N4O/c22-21(23,24)16-7-5-15(6-8-16)13-27-9-11-28(12-10-27)14-19-25-18-4-2-1-3-17(18)20(29)26-19/h1-8H,9-14H2,(H,25,26,29). The van der Waals surface area contributed by atoms with Crippen LogP contribution in [0.3, 0.4) is 0 Å². The number of aromatic amines is 1. The summed E-state index contributed by atoms with van der Waals surface area (Å²) in [5.74, 6) is 0.643. The molecular weight excluding hydrogens is 381 g/mol. The van der Waals surface area contributed by atoms with Crippen molar-refractivity contribution in [3.05, 3.63) is 75.8 Å². The van der Waals surface area contributed by atoms with Gasteiger partial charge in [0.1, 0.15) is 5.82 Å². The van der Waals surface area contributed by atoms with Crippen molar-refractivity contribution in [2.75, 3.05) is 26.2 Å². The summed E-state index contributed by atoms with van der Waals surface area (Å²) in [5.41, 5.74) is 0.800. The number of benzene rings is 2. The maximum atomic E-state index is 12.7. The first-order valence-corrected chi connectivity index (χ1v) is 9.47. The Kier molecular flexibility index (Phi) is 5.38. The van der Waals surface area contributed by atoms with Crippen molar-refractivity contribution >= 4 is 10.9 Å². The van der Waals surface area contributed by atoms with Gasteiger partial charge in [-0.25, -0.2) is 4.98 Å². The van der Waals surface area contributed by atoms with Crippen molar-refractivity contribution in [3.63, 3.8) is 0 Å². The van der Waals surface area contributed by atoms with Gasteiger partial charge < -0.3 is 4.98 Å². The van der Waals surface area contributed by atoms with Crippen molar-refractivity contribution in [1.29, 1.82) is 0 Å². The molecule has 0 bridgehead atoms. The van der Waals surface area contributed by atoms with Crippen LogP contribution in [0.5, 0.6) is 0 Å². The highest BCUT2D eigenvalue weighted by Gasteiger charge is 2.30. The number of hydrogen-bond donors (Lipinski definition) is 1. The zero-order valence-electron chi connectivity index (χ0n) is 15.7. The summed E-state index contributed by atoms with van der Waals surface area (Å²) in [6.45, 7) is 4.40. The molecule has 0 amide bonds. The van der Waals surface area contributed by atoms with Gasteiger partial charge >= 0.3 is 6.18 Å². The van der Waals surface area contributed by atoms with E-state index in [9.17, 15) is 18.0 Å². The molecule has 1 fully saturated rings. The van der Waals surface area contributed by atoms with Gasteiger partial charge in [-0.15, -0.1) is 0 Å². The normalized spacial score (nSPS) is 16.4. The van der Waals surface area contributed by atoms with E-state index < -0.39 is 11.7 Å². The van der Waals surface area contributed by atoms with E-state index in [4.69, 9.17) is 0 Å². The molecule has 8 heteroatoms. The fourth-order valence-corrected chi connectivity index (χ4v) is 3.58. The Morgan fingerprint density at radius 2 is 1.52 bits per heavy atom. The molecular formula is C21H21F3N4O. The third-order valence-electron chi connectivity index (χ3n) is 5.19. The highest BCUT2D eigenvalue weighted by molar-refractivity contribution is 5.77. The average molecular weight is 402 g/mol. The molecule has 4 rings (SSSR count). The molecule has 0 spiro atoms. The molecule has 0 saturated carbocycles. The molecule has 1 aliphatic heterocycles. The summed E-state index contributed by atoms with van der Waals surface area (Å²) in [6, 6.07) is 12.6. The molecule has 0 unspecified atom stereocenters. The Morgan fingerprint density at radius 1 is 0.897 bits per heavy atom. The van der Waals surface area contributed by atoms with Crippen LogP contribution in [0.2, 0.25) is 0 Å². The molecule has 3 aromatic rings. The number of H-pyrrole nitrogens is 1. The lowest BCUT2D eigenvalue weighted by atomic mass is 10.1. The van der Waals surface area contributed by atoms with Crippen molar-refractivity contribution in [2.24, 2.45) is 0 Å². The highest BCUT2D eigenvalue weighted by atomic mass is 19.4. The van der Waals surface area contributed by atoms with Crippen LogP contribution < -0.4 is 5.56 Å². The second-order valence-electron chi connectivity index (χ2n) is 7.28. The summed E-state index contributed by atoms with van der Waals surface area (Å²) in [4.78, 5) is 24.0. The second-order valence-corrected chi connectivity index (χ2v) is 7.28. The van der Waals surface area contributed by atoms with Gasteiger partial charge in [-0.1, -0.05) is 24.3 Å². The fourth-order valence-electron chi connectivity index (χ4n) is 3.58. The maximum Gasteiger partial charge on any atom is 0.416 e. The molecule has 0 radical (unpaired) electrons. The molecule has 1 aliphatic rings. The average Bonchev–Trinajstić information content (AvgIpc) is 2.69. The van der Waals surface area contributed by atoms with Crippen molar-refractivity contribution in [2.45, 2.75) is 19.3 Å². The Bertz CT molecular complexity index is 1040. The van der Waals surface area contributed by atoms with Crippen molar-refractivity contribution in [3.8, 4) is 0 Å². The van der Waals surface area contributed by atoms with Crippen molar-refractivity contribution in [1.82, 2.24) is 19.8 Å².